The number of benzene rings is 1. The minimum atomic E-state index is -1.01. The van der Waals surface area contributed by atoms with Crippen LogP contribution in [0.3, 0.4) is 0 Å². The second-order valence-corrected chi connectivity index (χ2v) is 5.53. The molecule has 1 aromatic rings. The van der Waals surface area contributed by atoms with Gasteiger partial charge in [0.25, 0.3) is 0 Å². The first-order valence-corrected chi connectivity index (χ1v) is 7.11. The van der Waals surface area contributed by atoms with E-state index in [0.29, 0.717) is 25.9 Å². The summed E-state index contributed by atoms with van der Waals surface area (Å²) in [5.41, 5.74) is 5.47. The number of hydrogen-bond acceptors (Lipinski definition) is 3. The first kappa shape index (κ1) is 15.6. The summed E-state index contributed by atoms with van der Waals surface area (Å²) in [6, 6.07) is 2.98. The van der Waals surface area contributed by atoms with Gasteiger partial charge in [-0.2, -0.15) is 0 Å². The molecule has 1 heterocycles. The van der Waals surface area contributed by atoms with Gasteiger partial charge >= 0.3 is 0 Å². The molecule has 1 saturated heterocycles. The summed E-state index contributed by atoms with van der Waals surface area (Å²) in [6.45, 7) is 2.57. The standard InChI is InChI=1S/C14H17F2N3OS/c1-8(20)18-9-4-6-19(7-5-9)11-3-2-10(14(17)21)12(15)13(11)16/h2-3,9H,4-7H2,1H3,(H2,17,21)(H,18,20). The van der Waals surface area contributed by atoms with Gasteiger partial charge in [-0.25, -0.2) is 8.78 Å². The zero-order valence-electron chi connectivity index (χ0n) is 11.7. The first-order chi connectivity index (χ1) is 9.90. The van der Waals surface area contributed by atoms with Crippen LogP contribution in [0.15, 0.2) is 12.1 Å². The van der Waals surface area contributed by atoms with E-state index < -0.39 is 11.6 Å². The van der Waals surface area contributed by atoms with Crippen molar-refractivity contribution in [3.63, 3.8) is 0 Å². The number of nitrogens with one attached hydrogen (secondary N) is 1. The van der Waals surface area contributed by atoms with Gasteiger partial charge < -0.3 is 16.0 Å². The average molecular weight is 313 g/mol. The Hall–Kier alpha value is -1.76. The number of hydrogen-bond donors (Lipinski definition) is 2. The number of carbonyl (C=O) groups is 1. The second-order valence-electron chi connectivity index (χ2n) is 5.09. The molecule has 4 nitrogen and oxygen atoms in total. The van der Waals surface area contributed by atoms with Gasteiger partial charge in [0.05, 0.1) is 5.69 Å². The molecule has 114 valence electrons. The van der Waals surface area contributed by atoms with Crippen molar-refractivity contribution in [1.82, 2.24) is 5.32 Å². The van der Waals surface area contributed by atoms with Crippen LogP contribution in [0.25, 0.3) is 0 Å². The summed E-state index contributed by atoms with van der Waals surface area (Å²) in [6.07, 6.45) is 1.38. The van der Waals surface area contributed by atoms with E-state index in [0.717, 1.165) is 0 Å². The molecular formula is C14H17F2N3OS. The smallest absolute Gasteiger partial charge is 0.217 e. The highest BCUT2D eigenvalue weighted by molar-refractivity contribution is 7.80. The van der Waals surface area contributed by atoms with E-state index in [2.05, 4.69) is 17.5 Å². The number of thiocarbonyl (C=S) groups is 1. The molecule has 0 unspecified atom stereocenters. The molecule has 1 amide bonds. The van der Waals surface area contributed by atoms with Gasteiger partial charge in [0.1, 0.15) is 4.99 Å². The van der Waals surface area contributed by atoms with Gasteiger partial charge in [-0.05, 0) is 25.0 Å². The third-order valence-corrected chi connectivity index (χ3v) is 3.79. The normalized spacial score (nSPS) is 15.9. The lowest BCUT2D eigenvalue weighted by Crippen LogP contribution is -2.44. The van der Waals surface area contributed by atoms with Crippen molar-refractivity contribution in [3.05, 3.63) is 29.3 Å². The SMILES string of the molecule is CC(=O)NC1CCN(c2ccc(C(N)=S)c(F)c2F)CC1. The van der Waals surface area contributed by atoms with Crippen LogP contribution < -0.4 is 16.0 Å². The lowest BCUT2D eigenvalue weighted by atomic mass is 10.0. The number of nitrogens with zero attached hydrogens (tertiary/aromatic N) is 1. The first-order valence-electron chi connectivity index (χ1n) is 6.70. The molecule has 1 aromatic carbocycles. The van der Waals surface area contributed by atoms with Gasteiger partial charge in [0.15, 0.2) is 11.6 Å². The van der Waals surface area contributed by atoms with E-state index >= 15 is 0 Å². The van der Waals surface area contributed by atoms with Crippen LogP contribution in [0.5, 0.6) is 0 Å². The number of rotatable bonds is 3. The van der Waals surface area contributed by atoms with E-state index in [-0.39, 0.29) is 28.2 Å². The molecule has 1 fully saturated rings. The Labute approximate surface area is 127 Å². The van der Waals surface area contributed by atoms with Crippen molar-refractivity contribution in [3.8, 4) is 0 Å². The van der Waals surface area contributed by atoms with Crippen LogP contribution in [-0.2, 0) is 4.79 Å². The van der Waals surface area contributed by atoms with Crippen molar-refractivity contribution >= 4 is 28.8 Å². The Morgan fingerprint density at radius 2 is 1.95 bits per heavy atom. The van der Waals surface area contributed by atoms with Gasteiger partial charge in [0, 0.05) is 31.6 Å². The fourth-order valence-corrected chi connectivity index (χ4v) is 2.68. The van der Waals surface area contributed by atoms with Crippen molar-refractivity contribution in [2.45, 2.75) is 25.8 Å². The van der Waals surface area contributed by atoms with Gasteiger partial charge in [-0.1, -0.05) is 12.2 Å². The van der Waals surface area contributed by atoms with Crippen LogP contribution in [-0.4, -0.2) is 30.0 Å². The third-order valence-electron chi connectivity index (χ3n) is 3.57. The third kappa shape index (κ3) is 3.47. The molecule has 0 spiro atoms. The van der Waals surface area contributed by atoms with E-state index in [4.69, 9.17) is 5.73 Å². The molecule has 1 aliphatic rings. The van der Waals surface area contributed by atoms with Gasteiger partial charge in [0.2, 0.25) is 5.91 Å². The van der Waals surface area contributed by atoms with Crippen LogP contribution in [0.1, 0.15) is 25.3 Å². The minimum Gasteiger partial charge on any atom is -0.389 e. The maximum Gasteiger partial charge on any atom is 0.217 e. The van der Waals surface area contributed by atoms with Crippen LogP contribution >= 0.6 is 12.2 Å². The number of carbonyl (C=O) groups excluding carboxylic acids is 1. The molecule has 2 rings (SSSR count). The topological polar surface area (TPSA) is 58.4 Å². The highest BCUT2D eigenvalue weighted by Gasteiger charge is 2.24. The number of amides is 1. The quantitative estimate of drug-likeness (QED) is 0.834. The molecule has 0 aromatic heterocycles. The molecule has 21 heavy (non-hydrogen) atoms. The van der Waals surface area contributed by atoms with Crippen LogP contribution in [0, 0.1) is 11.6 Å². The van der Waals surface area contributed by atoms with E-state index in [1.165, 1.54) is 19.1 Å². The summed E-state index contributed by atoms with van der Waals surface area (Å²) >= 11 is 4.68. The molecule has 1 aliphatic heterocycles. The summed E-state index contributed by atoms with van der Waals surface area (Å²) in [5.74, 6) is -2.02. The fourth-order valence-electron chi connectivity index (χ4n) is 2.53. The summed E-state index contributed by atoms with van der Waals surface area (Å²) in [5, 5.41) is 2.84. The zero-order chi connectivity index (χ0) is 15.6. The summed E-state index contributed by atoms with van der Waals surface area (Å²) < 4.78 is 28.0. The molecule has 7 heteroatoms. The summed E-state index contributed by atoms with van der Waals surface area (Å²) in [7, 11) is 0. The molecule has 3 N–H and O–H groups in total. The number of nitrogens with two attached hydrogens (primary N) is 1. The van der Waals surface area contributed by atoms with Crippen LogP contribution in [0.4, 0.5) is 14.5 Å². The Morgan fingerprint density at radius 3 is 2.48 bits per heavy atom. The molecule has 0 atom stereocenters. The van der Waals surface area contributed by atoms with Crippen molar-refractivity contribution in [2.75, 3.05) is 18.0 Å². The number of piperidine rings is 1. The van der Waals surface area contributed by atoms with Crippen molar-refractivity contribution in [2.24, 2.45) is 5.73 Å². The maximum atomic E-state index is 14.1. The number of anilines is 1. The fraction of sp³-hybridized carbons (Fsp3) is 0.429. The van der Waals surface area contributed by atoms with Gasteiger partial charge in [-0.3, -0.25) is 4.79 Å². The Morgan fingerprint density at radius 1 is 1.33 bits per heavy atom. The Bertz CT molecular complexity index is 572. The molecule has 0 aliphatic carbocycles. The predicted molar refractivity (Wildman–Crippen MR) is 81.3 cm³/mol. The van der Waals surface area contributed by atoms with Gasteiger partial charge in [-0.15, -0.1) is 0 Å². The van der Waals surface area contributed by atoms with E-state index in [9.17, 15) is 13.6 Å². The lowest BCUT2D eigenvalue weighted by molar-refractivity contribution is -0.119. The number of halogens is 2. The lowest BCUT2D eigenvalue weighted by Gasteiger charge is -2.34. The minimum absolute atomic E-state index is 0.0773. The van der Waals surface area contributed by atoms with Crippen molar-refractivity contribution in [1.29, 1.82) is 0 Å². The highest BCUT2D eigenvalue weighted by Crippen LogP contribution is 2.27. The van der Waals surface area contributed by atoms with E-state index in [1.807, 2.05) is 0 Å². The summed E-state index contributed by atoms with van der Waals surface area (Å²) in [4.78, 5) is 12.6. The monoisotopic (exact) mass is 313 g/mol. The molecule has 0 bridgehead atoms. The van der Waals surface area contributed by atoms with E-state index in [1.54, 1.807) is 4.90 Å². The Balaban J connectivity index is 2.12. The second kappa shape index (κ2) is 6.34. The Kier molecular flexibility index (Phi) is 4.72. The predicted octanol–water partition coefficient (Wildman–Crippen LogP) is 1.70. The molecular weight excluding hydrogens is 296 g/mol. The largest absolute Gasteiger partial charge is 0.389 e. The van der Waals surface area contributed by atoms with Crippen LogP contribution in [0.2, 0.25) is 0 Å². The zero-order valence-corrected chi connectivity index (χ0v) is 12.5. The maximum absolute atomic E-state index is 14.1. The molecule has 0 radical (unpaired) electrons. The molecule has 0 saturated carbocycles. The highest BCUT2D eigenvalue weighted by atomic mass is 32.1. The average Bonchev–Trinajstić information content (AvgIpc) is 2.42. The van der Waals surface area contributed by atoms with Crippen molar-refractivity contribution < 1.29 is 13.6 Å².